The summed E-state index contributed by atoms with van der Waals surface area (Å²) < 4.78 is 17.6. The van der Waals surface area contributed by atoms with Crippen LogP contribution in [0.5, 0.6) is 5.75 Å². The minimum Gasteiger partial charge on any atom is -0.496 e. The Bertz CT molecular complexity index is 1070. The molecule has 0 N–H and O–H groups in total. The third-order valence-corrected chi connectivity index (χ3v) is 7.72. The molecule has 2 aliphatic carbocycles. The monoisotopic (exact) mass is 479 g/mol. The zero-order valence-corrected chi connectivity index (χ0v) is 21.7. The molecule has 0 atom stereocenters. The highest BCUT2D eigenvalue weighted by atomic mass is 16.5. The first-order chi connectivity index (χ1) is 16.6. The molecule has 35 heavy (non-hydrogen) atoms. The maximum Gasteiger partial charge on any atom is 0.163 e. The van der Waals surface area contributed by atoms with E-state index >= 15 is 0 Å². The van der Waals surface area contributed by atoms with Crippen molar-refractivity contribution in [3.05, 3.63) is 52.0 Å². The molecule has 1 fully saturated rings. The van der Waals surface area contributed by atoms with E-state index in [1.807, 2.05) is 12.1 Å². The summed E-state index contributed by atoms with van der Waals surface area (Å²) in [6.45, 7) is 12.4. The Kier molecular flexibility index (Phi) is 6.17. The minimum atomic E-state index is -0.379. The van der Waals surface area contributed by atoms with Crippen LogP contribution in [0.1, 0.15) is 70.4 Å². The molecule has 0 amide bonds. The molecule has 6 heteroatoms. The number of carbonyl (C=O) groups is 2. The first-order valence-corrected chi connectivity index (χ1v) is 12.7. The van der Waals surface area contributed by atoms with E-state index in [0.717, 1.165) is 61.2 Å². The maximum atomic E-state index is 13.5. The van der Waals surface area contributed by atoms with Gasteiger partial charge in [0.25, 0.3) is 0 Å². The summed E-state index contributed by atoms with van der Waals surface area (Å²) >= 11 is 0. The zero-order valence-electron chi connectivity index (χ0n) is 21.7. The highest BCUT2D eigenvalue weighted by Gasteiger charge is 2.47. The number of hydrogen-bond acceptors (Lipinski definition) is 6. The van der Waals surface area contributed by atoms with E-state index < -0.39 is 0 Å². The third-order valence-electron chi connectivity index (χ3n) is 7.72. The van der Waals surface area contributed by atoms with Crippen LogP contribution in [0.3, 0.4) is 0 Å². The molecular formula is C29H37NO5. The van der Waals surface area contributed by atoms with Crippen LogP contribution in [0.15, 0.2) is 40.9 Å². The van der Waals surface area contributed by atoms with Crippen molar-refractivity contribution >= 4 is 11.6 Å². The van der Waals surface area contributed by atoms with Crippen LogP contribution in [-0.4, -0.2) is 49.9 Å². The van der Waals surface area contributed by atoms with E-state index in [-0.39, 0.29) is 28.3 Å². The fraction of sp³-hybridized carbons (Fsp3) is 0.586. The first kappa shape index (κ1) is 24.3. The maximum absolute atomic E-state index is 13.5. The van der Waals surface area contributed by atoms with Crippen molar-refractivity contribution in [1.29, 1.82) is 0 Å². The number of carbonyl (C=O) groups excluding carboxylic acids is 2. The Morgan fingerprint density at radius 1 is 0.914 bits per heavy atom. The van der Waals surface area contributed by atoms with Crippen LogP contribution in [0.25, 0.3) is 0 Å². The molecule has 1 aromatic rings. The summed E-state index contributed by atoms with van der Waals surface area (Å²) in [5.41, 5.74) is 3.08. The minimum absolute atomic E-state index is 0.0935. The summed E-state index contributed by atoms with van der Waals surface area (Å²) in [4.78, 5) is 29.4. The lowest BCUT2D eigenvalue weighted by atomic mass is 9.65. The van der Waals surface area contributed by atoms with E-state index in [2.05, 4.69) is 38.7 Å². The number of hydrogen-bond donors (Lipinski definition) is 0. The summed E-state index contributed by atoms with van der Waals surface area (Å²) in [6, 6.07) is 6.14. The Hall–Kier alpha value is -2.44. The fourth-order valence-corrected chi connectivity index (χ4v) is 6.11. The van der Waals surface area contributed by atoms with Crippen molar-refractivity contribution in [2.45, 2.75) is 65.8 Å². The molecule has 6 nitrogen and oxygen atoms in total. The van der Waals surface area contributed by atoms with Crippen molar-refractivity contribution in [2.75, 3.05) is 33.4 Å². The normalized spacial score (nSPS) is 24.7. The lowest BCUT2D eigenvalue weighted by Gasteiger charge is -2.42. The van der Waals surface area contributed by atoms with E-state index in [1.165, 1.54) is 0 Å². The lowest BCUT2D eigenvalue weighted by molar-refractivity contribution is -0.120. The standard InChI is InChI=1S/C29H37NO5/c1-28(2)13-20(31)26-23(15-28)35-24-16-29(3,4)14-21(32)27(24)25(26)18-6-7-22(33-5)19(12-18)17-30-8-10-34-11-9-30/h6-7,12,25H,8-11,13-17H2,1-5H3. The number of ketones is 2. The van der Waals surface area contributed by atoms with Crippen molar-refractivity contribution in [3.63, 3.8) is 0 Å². The Morgan fingerprint density at radius 3 is 2.03 bits per heavy atom. The summed E-state index contributed by atoms with van der Waals surface area (Å²) in [7, 11) is 1.69. The Balaban J connectivity index is 1.62. The molecule has 0 radical (unpaired) electrons. The number of ether oxygens (including phenoxy) is 3. The molecule has 0 spiro atoms. The molecule has 0 unspecified atom stereocenters. The van der Waals surface area contributed by atoms with Crippen LogP contribution in [0.4, 0.5) is 0 Å². The summed E-state index contributed by atoms with van der Waals surface area (Å²) in [5.74, 6) is 2.14. The van der Waals surface area contributed by atoms with Gasteiger partial charge in [-0.15, -0.1) is 0 Å². The van der Waals surface area contributed by atoms with Gasteiger partial charge in [0.1, 0.15) is 17.3 Å². The SMILES string of the molecule is COc1ccc(C2C3=C(CC(C)(C)CC3=O)OC3=C2C(=O)CC(C)(C)C3)cc1CN1CCOCC1. The molecule has 0 bridgehead atoms. The van der Waals surface area contributed by atoms with Gasteiger partial charge in [-0.25, -0.2) is 0 Å². The number of benzene rings is 1. The predicted molar refractivity (Wildman–Crippen MR) is 133 cm³/mol. The van der Waals surface area contributed by atoms with Crippen LogP contribution >= 0.6 is 0 Å². The Morgan fingerprint density at radius 2 is 1.49 bits per heavy atom. The molecule has 188 valence electrons. The van der Waals surface area contributed by atoms with E-state index in [9.17, 15) is 9.59 Å². The summed E-state index contributed by atoms with van der Waals surface area (Å²) in [6.07, 6.45) is 2.33. The van der Waals surface area contributed by atoms with Crippen LogP contribution in [0, 0.1) is 10.8 Å². The summed E-state index contributed by atoms with van der Waals surface area (Å²) in [5, 5.41) is 0. The number of nitrogens with zero attached hydrogens (tertiary/aromatic N) is 1. The number of Topliss-reactive ketones (excluding diaryl/α,β-unsaturated/α-hetero) is 2. The van der Waals surface area contributed by atoms with Crippen LogP contribution in [0.2, 0.25) is 0 Å². The van der Waals surface area contributed by atoms with Gasteiger partial charge in [-0.2, -0.15) is 0 Å². The van der Waals surface area contributed by atoms with Gasteiger partial charge in [0, 0.05) is 67.9 Å². The average molecular weight is 480 g/mol. The smallest absolute Gasteiger partial charge is 0.163 e. The molecule has 4 aliphatic rings. The number of morpholine rings is 1. The van der Waals surface area contributed by atoms with Gasteiger partial charge in [0.2, 0.25) is 0 Å². The van der Waals surface area contributed by atoms with Gasteiger partial charge < -0.3 is 14.2 Å². The number of methoxy groups -OCH3 is 1. The molecule has 2 heterocycles. The van der Waals surface area contributed by atoms with E-state index in [1.54, 1.807) is 7.11 Å². The van der Waals surface area contributed by atoms with E-state index in [0.29, 0.717) is 36.8 Å². The molecule has 2 aliphatic heterocycles. The van der Waals surface area contributed by atoms with Crippen LogP contribution < -0.4 is 4.74 Å². The van der Waals surface area contributed by atoms with Crippen molar-refractivity contribution < 1.29 is 23.8 Å². The second-order valence-electron chi connectivity index (χ2n) is 12.1. The Labute approximate surface area is 208 Å². The molecule has 0 saturated carbocycles. The second kappa shape index (κ2) is 8.90. The van der Waals surface area contributed by atoms with Crippen molar-refractivity contribution in [2.24, 2.45) is 10.8 Å². The zero-order chi connectivity index (χ0) is 25.0. The lowest BCUT2D eigenvalue weighted by Crippen LogP contribution is -2.37. The molecule has 0 aromatic heterocycles. The van der Waals surface area contributed by atoms with Gasteiger partial charge in [-0.3, -0.25) is 14.5 Å². The van der Waals surface area contributed by atoms with Gasteiger partial charge in [-0.05, 0) is 28.5 Å². The molecule has 1 aromatic carbocycles. The van der Waals surface area contributed by atoms with Crippen molar-refractivity contribution in [3.8, 4) is 5.75 Å². The van der Waals surface area contributed by atoms with Gasteiger partial charge in [-0.1, -0.05) is 33.8 Å². The molecular weight excluding hydrogens is 442 g/mol. The highest BCUT2D eigenvalue weighted by molar-refractivity contribution is 6.06. The quantitative estimate of drug-likeness (QED) is 0.610. The van der Waals surface area contributed by atoms with Crippen LogP contribution in [-0.2, 0) is 25.6 Å². The highest BCUT2D eigenvalue weighted by Crippen LogP contribution is 2.53. The third kappa shape index (κ3) is 4.70. The van der Waals surface area contributed by atoms with Crippen molar-refractivity contribution in [1.82, 2.24) is 4.90 Å². The van der Waals surface area contributed by atoms with Gasteiger partial charge in [0.05, 0.1) is 20.3 Å². The fourth-order valence-electron chi connectivity index (χ4n) is 6.11. The van der Waals surface area contributed by atoms with Gasteiger partial charge in [0.15, 0.2) is 11.6 Å². The largest absolute Gasteiger partial charge is 0.496 e. The second-order valence-corrected chi connectivity index (χ2v) is 12.1. The number of rotatable bonds is 4. The first-order valence-electron chi connectivity index (χ1n) is 12.7. The topological polar surface area (TPSA) is 65.1 Å². The van der Waals surface area contributed by atoms with Gasteiger partial charge >= 0.3 is 0 Å². The number of allylic oxidation sites excluding steroid dienone is 4. The van der Waals surface area contributed by atoms with E-state index in [4.69, 9.17) is 14.2 Å². The molecule has 5 rings (SSSR count). The molecule has 1 saturated heterocycles. The predicted octanol–water partition coefficient (Wildman–Crippen LogP) is 4.93. The average Bonchev–Trinajstić information content (AvgIpc) is 2.76.